The lowest BCUT2D eigenvalue weighted by Crippen LogP contribution is -2.20. The van der Waals surface area contributed by atoms with Gasteiger partial charge in [0, 0.05) is 14.1 Å². The highest BCUT2D eigenvalue weighted by molar-refractivity contribution is 7.92. The van der Waals surface area contributed by atoms with Gasteiger partial charge in [-0.3, -0.25) is 0 Å². The first-order valence-electron chi connectivity index (χ1n) is 7.99. The Labute approximate surface area is 152 Å². The second-order valence-electron chi connectivity index (χ2n) is 6.18. The average molecular weight is 366 g/mol. The van der Waals surface area contributed by atoms with Crippen LogP contribution in [0.4, 0.5) is 5.82 Å². The van der Waals surface area contributed by atoms with E-state index < -0.39 is 15.1 Å². The zero-order valence-electron chi connectivity index (χ0n) is 14.7. The van der Waals surface area contributed by atoms with Gasteiger partial charge < -0.3 is 4.90 Å². The summed E-state index contributed by atoms with van der Waals surface area (Å²) in [5, 5.41) is 8.25. The van der Waals surface area contributed by atoms with Crippen molar-refractivity contribution < 1.29 is 8.42 Å². The molecule has 3 aromatic rings. The molecule has 0 aliphatic carbocycles. The topological polar surface area (TPSA) is 86.9 Å². The highest BCUT2D eigenvalue weighted by atomic mass is 32.2. The summed E-state index contributed by atoms with van der Waals surface area (Å²) in [5.41, 5.74) is 2.27. The van der Waals surface area contributed by atoms with Crippen LogP contribution in [0.5, 0.6) is 0 Å². The second-order valence-corrected chi connectivity index (χ2v) is 8.22. The van der Waals surface area contributed by atoms with Gasteiger partial charge in [-0.1, -0.05) is 29.8 Å². The molecule has 7 heteroatoms. The number of para-hydroxylation sites is 2. The molecule has 0 fully saturated rings. The van der Waals surface area contributed by atoms with Crippen LogP contribution in [-0.4, -0.2) is 32.5 Å². The molecule has 6 nitrogen and oxygen atoms in total. The molecule has 2 aromatic carbocycles. The van der Waals surface area contributed by atoms with E-state index in [1.54, 1.807) is 49.3 Å². The van der Waals surface area contributed by atoms with E-state index in [-0.39, 0.29) is 10.6 Å². The van der Waals surface area contributed by atoms with Gasteiger partial charge >= 0.3 is 0 Å². The number of benzene rings is 2. The van der Waals surface area contributed by atoms with Gasteiger partial charge in [0.25, 0.3) is 0 Å². The van der Waals surface area contributed by atoms with E-state index in [9.17, 15) is 13.7 Å². The summed E-state index contributed by atoms with van der Waals surface area (Å²) in [4.78, 5) is 10.7. The van der Waals surface area contributed by atoms with E-state index >= 15 is 0 Å². The summed E-state index contributed by atoms with van der Waals surface area (Å²) in [6.45, 7) is 1.87. The maximum atomic E-state index is 13.1. The SMILES string of the molecule is Cc1ccc(S(=O)(=O)[C@H](C#N)c2nc3ccccc3nc2N(C)C)cc1. The molecule has 132 valence electrons. The maximum absolute atomic E-state index is 13.1. The predicted molar refractivity (Wildman–Crippen MR) is 101 cm³/mol. The zero-order chi connectivity index (χ0) is 18.9. The van der Waals surface area contributed by atoms with Crippen LogP contribution < -0.4 is 4.90 Å². The lowest BCUT2D eigenvalue weighted by molar-refractivity contribution is 0.590. The van der Waals surface area contributed by atoms with Crippen LogP contribution in [0.1, 0.15) is 16.5 Å². The number of anilines is 1. The molecular weight excluding hydrogens is 348 g/mol. The Kier molecular flexibility index (Phi) is 4.62. The lowest BCUT2D eigenvalue weighted by Gasteiger charge is -2.19. The number of hydrogen-bond donors (Lipinski definition) is 0. The molecule has 0 bridgehead atoms. The summed E-state index contributed by atoms with van der Waals surface area (Å²) < 4.78 is 26.2. The van der Waals surface area contributed by atoms with Gasteiger partial charge in [0.2, 0.25) is 9.84 Å². The second kappa shape index (κ2) is 6.73. The van der Waals surface area contributed by atoms with Gasteiger partial charge in [0.1, 0.15) is 5.69 Å². The van der Waals surface area contributed by atoms with Crippen molar-refractivity contribution in [2.45, 2.75) is 17.1 Å². The number of rotatable bonds is 4. The van der Waals surface area contributed by atoms with Crippen LogP contribution in [0.2, 0.25) is 0 Å². The number of nitrogens with zero attached hydrogens (tertiary/aromatic N) is 4. The Hall–Kier alpha value is -2.98. The van der Waals surface area contributed by atoms with Crippen LogP contribution in [0.3, 0.4) is 0 Å². The Bertz CT molecular complexity index is 1100. The van der Waals surface area contributed by atoms with Crippen molar-refractivity contribution in [2.75, 3.05) is 19.0 Å². The van der Waals surface area contributed by atoms with Crippen molar-refractivity contribution in [3.05, 3.63) is 59.8 Å². The van der Waals surface area contributed by atoms with E-state index in [0.717, 1.165) is 5.56 Å². The van der Waals surface area contributed by atoms with E-state index in [1.807, 2.05) is 19.1 Å². The minimum atomic E-state index is -3.94. The molecule has 0 unspecified atom stereocenters. The molecule has 1 heterocycles. The zero-order valence-corrected chi connectivity index (χ0v) is 15.5. The number of hydrogen-bond acceptors (Lipinski definition) is 6. The van der Waals surface area contributed by atoms with Gasteiger partial charge in [-0.25, -0.2) is 18.4 Å². The highest BCUT2D eigenvalue weighted by Gasteiger charge is 2.34. The molecule has 0 aliphatic heterocycles. The van der Waals surface area contributed by atoms with Gasteiger partial charge in [0.05, 0.1) is 22.0 Å². The van der Waals surface area contributed by atoms with Crippen LogP contribution in [0.25, 0.3) is 11.0 Å². The number of nitriles is 1. The molecule has 0 saturated heterocycles. The molecule has 0 aliphatic rings. The molecule has 0 spiro atoms. The molecule has 1 aromatic heterocycles. The van der Waals surface area contributed by atoms with Crippen LogP contribution in [0.15, 0.2) is 53.4 Å². The van der Waals surface area contributed by atoms with Gasteiger partial charge in [0.15, 0.2) is 11.1 Å². The first kappa shape index (κ1) is 17.8. The Balaban J connectivity index is 2.23. The average Bonchev–Trinajstić information content (AvgIpc) is 2.61. The Morgan fingerprint density at radius 1 is 1.00 bits per heavy atom. The van der Waals surface area contributed by atoms with Crippen molar-refractivity contribution >= 4 is 26.7 Å². The molecule has 0 N–H and O–H groups in total. The maximum Gasteiger partial charge on any atom is 0.200 e. The summed E-state index contributed by atoms with van der Waals surface area (Å²) >= 11 is 0. The van der Waals surface area contributed by atoms with E-state index in [4.69, 9.17) is 0 Å². The summed E-state index contributed by atoms with van der Waals surface area (Å²) in [5.74, 6) is 0.367. The van der Waals surface area contributed by atoms with Gasteiger partial charge in [-0.2, -0.15) is 5.26 Å². The minimum absolute atomic E-state index is 0.0920. The van der Waals surface area contributed by atoms with Crippen LogP contribution in [-0.2, 0) is 9.84 Å². The lowest BCUT2D eigenvalue weighted by atomic mass is 10.2. The first-order chi connectivity index (χ1) is 12.3. The Morgan fingerprint density at radius 2 is 1.58 bits per heavy atom. The molecule has 0 radical (unpaired) electrons. The van der Waals surface area contributed by atoms with Crippen molar-refractivity contribution in [3.63, 3.8) is 0 Å². The Morgan fingerprint density at radius 3 is 2.12 bits per heavy atom. The molecule has 26 heavy (non-hydrogen) atoms. The third-order valence-corrected chi connectivity index (χ3v) is 5.91. The number of sulfone groups is 1. The third-order valence-electron chi connectivity index (χ3n) is 4.03. The van der Waals surface area contributed by atoms with E-state index in [0.29, 0.717) is 16.9 Å². The molecule has 1 atom stereocenters. The fraction of sp³-hybridized carbons (Fsp3) is 0.211. The minimum Gasteiger partial charge on any atom is -0.361 e. The third kappa shape index (κ3) is 3.11. The van der Waals surface area contributed by atoms with Crippen LogP contribution in [0, 0.1) is 18.3 Å². The predicted octanol–water partition coefficient (Wildman–Crippen LogP) is 3.04. The molecular formula is C19H18N4O2S. The summed E-state index contributed by atoms with van der Waals surface area (Å²) in [7, 11) is -0.445. The van der Waals surface area contributed by atoms with Crippen LogP contribution >= 0.6 is 0 Å². The van der Waals surface area contributed by atoms with Gasteiger partial charge in [-0.15, -0.1) is 0 Å². The van der Waals surface area contributed by atoms with Crippen molar-refractivity contribution in [2.24, 2.45) is 0 Å². The molecule has 0 saturated carbocycles. The molecule has 3 rings (SSSR count). The fourth-order valence-electron chi connectivity index (χ4n) is 2.65. The summed E-state index contributed by atoms with van der Waals surface area (Å²) in [6.07, 6.45) is 0. The normalized spacial score (nSPS) is 12.5. The number of aromatic nitrogens is 2. The van der Waals surface area contributed by atoms with E-state index in [2.05, 4.69) is 9.97 Å². The number of aryl methyl sites for hydroxylation is 1. The number of fused-ring (bicyclic) bond motifs is 1. The van der Waals surface area contributed by atoms with Crippen molar-refractivity contribution in [3.8, 4) is 6.07 Å². The largest absolute Gasteiger partial charge is 0.361 e. The monoisotopic (exact) mass is 366 g/mol. The first-order valence-corrected chi connectivity index (χ1v) is 9.53. The standard InChI is InChI=1S/C19H18N4O2S/c1-13-8-10-14(11-9-13)26(24,25)17(12-20)18-19(23(2)3)22-16-7-5-4-6-15(16)21-18/h4-11,17H,1-3H3/t17-/m1/s1. The summed E-state index contributed by atoms with van der Waals surface area (Å²) in [6, 6.07) is 15.5. The molecule has 0 amide bonds. The fourth-order valence-corrected chi connectivity index (χ4v) is 4.03. The quantitative estimate of drug-likeness (QED) is 0.705. The highest BCUT2D eigenvalue weighted by Crippen LogP contribution is 2.33. The van der Waals surface area contributed by atoms with Crippen molar-refractivity contribution in [1.29, 1.82) is 5.26 Å². The van der Waals surface area contributed by atoms with Crippen molar-refractivity contribution in [1.82, 2.24) is 9.97 Å². The van der Waals surface area contributed by atoms with Gasteiger partial charge in [-0.05, 0) is 31.2 Å². The van der Waals surface area contributed by atoms with E-state index in [1.165, 1.54) is 12.1 Å². The smallest absolute Gasteiger partial charge is 0.200 e.